The molecular weight excluding hydrogens is 408 g/mol. The summed E-state index contributed by atoms with van der Waals surface area (Å²) >= 11 is 0. The van der Waals surface area contributed by atoms with Crippen LogP contribution in [-0.4, -0.2) is 46.1 Å². The molecule has 0 aromatic heterocycles. The number of hydrogen-bond acceptors (Lipinski definition) is 4. The number of rotatable bonds is 12. The van der Waals surface area contributed by atoms with Crippen LogP contribution in [-0.2, 0) is 16.4 Å². The topological polar surface area (TPSA) is 58.6 Å². The lowest BCUT2D eigenvalue weighted by molar-refractivity contribution is 0.183. The van der Waals surface area contributed by atoms with Gasteiger partial charge in [-0.05, 0) is 87.5 Å². The van der Waals surface area contributed by atoms with E-state index < -0.39 is 10.0 Å². The fraction of sp³-hybridized carbons (Fsp3) is 0.520. The monoisotopic (exact) mass is 444 g/mol. The molecule has 2 aromatic carbocycles. The van der Waals surface area contributed by atoms with Crippen LogP contribution in [0.1, 0.15) is 44.6 Å². The summed E-state index contributed by atoms with van der Waals surface area (Å²) in [5, 5.41) is 0. The van der Waals surface area contributed by atoms with E-state index in [1.165, 1.54) is 18.4 Å². The second-order valence-corrected chi connectivity index (χ2v) is 10.2. The van der Waals surface area contributed by atoms with Crippen LogP contribution in [0.3, 0.4) is 0 Å². The first-order valence-electron chi connectivity index (χ1n) is 11.6. The number of nitrogens with zero attached hydrogens (tertiary/aromatic N) is 1. The van der Waals surface area contributed by atoms with E-state index in [-0.39, 0.29) is 4.90 Å². The molecule has 0 spiro atoms. The summed E-state index contributed by atoms with van der Waals surface area (Å²) < 4.78 is 33.3. The summed E-state index contributed by atoms with van der Waals surface area (Å²) in [7, 11) is -3.47. The van der Waals surface area contributed by atoms with Crippen molar-refractivity contribution in [1.29, 1.82) is 0 Å². The van der Waals surface area contributed by atoms with Crippen LogP contribution in [0.15, 0.2) is 59.5 Å². The number of ether oxygens (including phenoxy) is 1. The fourth-order valence-electron chi connectivity index (χ4n) is 4.00. The van der Waals surface area contributed by atoms with Gasteiger partial charge in [-0.15, -0.1) is 0 Å². The molecule has 0 aliphatic carbocycles. The molecule has 0 saturated carbocycles. The smallest absolute Gasteiger partial charge is 0.240 e. The molecule has 1 heterocycles. The van der Waals surface area contributed by atoms with Crippen LogP contribution in [0.2, 0.25) is 0 Å². The predicted molar refractivity (Wildman–Crippen MR) is 126 cm³/mol. The van der Waals surface area contributed by atoms with Crippen molar-refractivity contribution in [3.05, 3.63) is 60.2 Å². The van der Waals surface area contributed by atoms with Gasteiger partial charge in [0.15, 0.2) is 0 Å². The number of likely N-dealkylation sites (tertiary alicyclic amines) is 1. The Labute approximate surface area is 187 Å². The molecule has 1 fully saturated rings. The van der Waals surface area contributed by atoms with E-state index in [0.717, 1.165) is 51.2 Å². The van der Waals surface area contributed by atoms with E-state index in [1.807, 2.05) is 0 Å². The molecule has 0 radical (unpaired) electrons. The molecule has 0 unspecified atom stereocenters. The first kappa shape index (κ1) is 23.8. The molecule has 5 nitrogen and oxygen atoms in total. The molecule has 0 amide bonds. The van der Waals surface area contributed by atoms with Crippen LogP contribution in [0, 0.1) is 5.92 Å². The highest BCUT2D eigenvalue weighted by Crippen LogP contribution is 2.22. The maximum Gasteiger partial charge on any atom is 0.240 e. The Hall–Kier alpha value is -1.89. The summed E-state index contributed by atoms with van der Waals surface area (Å²) in [4.78, 5) is 2.75. The SMILES string of the molecule is CCCCOc1ccc(S(=O)(=O)NCCCN2CCC(Cc3ccccc3)CC2)cc1. The van der Waals surface area contributed by atoms with Crippen molar-refractivity contribution in [3.63, 3.8) is 0 Å². The maximum absolute atomic E-state index is 12.5. The number of sulfonamides is 1. The number of nitrogens with one attached hydrogen (secondary N) is 1. The highest BCUT2D eigenvalue weighted by Gasteiger charge is 2.19. The zero-order chi connectivity index (χ0) is 21.9. The summed E-state index contributed by atoms with van der Waals surface area (Å²) in [6.45, 7) is 6.36. The van der Waals surface area contributed by atoms with Gasteiger partial charge >= 0.3 is 0 Å². The van der Waals surface area contributed by atoms with Crippen molar-refractivity contribution in [3.8, 4) is 5.75 Å². The Morgan fingerprint density at radius 1 is 1.00 bits per heavy atom. The first-order chi connectivity index (χ1) is 15.1. The summed E-state index contributed by atoms with van der Waals surface area (Å²) in [5.74, 6) is 1.47. The van der Waals surface area contributed by atoms with Crippen molar-refractivity contribution in [2.24, 2.45) is 5.92 Å². The Bertz CT molecular complexity index is 861. The van der Waals surface area contributed by atoms with Crippen molar-refractivity contribution >= 4 is 10.0 Å². The molecule has 6 heteroatoms. The maximum atomic E-state index is 12.5. The molecule has 3 rings (SSSR count). The highest BCUT2D eigenvalue weighted by molar-refractivity contribution is 7.89. The van der Waals surface area contributed by atoms with E-state index in [2.05, 4.69) is 46.9 Å². The van der Waals surface area contributed by atoms with Crippen molar-refractivity contribution < 1.29 is 13.2 Å². The molecule has 1 aliphatic heterocycles. The lowest BCUT2D eigenvalue weighted by Crippen LogP contribution is -2.36. The number of benzene rings is 2. The van der Waals surface area contributed by atoms with Crippen LogP contribution < -0.4 is 9.46 Å². The molecule has 0 atom stereocenters. The fourth-order valence-corrected chi connectivity index (χ4v) is 5.08. The van der Waals surface area contributed by atoms with Gasteiger partial charge in [-0.2, -0.15) is 0 Å². The van der Waals surface area contributed by atoms with E-state index in [1.54, 1.807) is 24.3 Å². The molecule has 0 bridgehead atoms. The molecule has 1 aliphatic rings. The van der Waals surface area contributed by atoms with Gasteiger partial charge in [0.05, 0.1) is 11.5 Å². The quantitative estimate of drug-likeness (QED) is 0.490. The molecule has 31 heavy (non-hydrogen) atoms. The third kappa shape index (κ3) is 7.95. The molecule has 1 N–H and O–H groups in total. The average Bonchev–Trinajstić information content (AvgIpc) is 2.79. The Morgan fingerprint density at radius 2 is 1.71 bits per heavy atom. The van der Waals surface area contributed by atoms with E-state index in [4.69, 9.17) is 4.74 Å². The third-order valence-electron chi connectivity index (χ3n) is 5.92. The zero-order valence-electron chi connectivity index (χ0n) is 18.6. The lowest BCUT2D eigenvalue weighted by Gasteiger charge is -2.32. The number of unbranched alkanes of at least 4 members (excludes halogenated alkanes) is 1. The van der Waals surface area contributed by atoms with E-state index in [0.29, 0.717) is 18.9 Å². The second-order valence-electron chi connectivity index (χ2n) is 8.40. The van der Waals surface area contributed by atoms with Crippen molar-refractivity contribution in [2.75, 3.05) is 32.8 Å². The Kier molecular flexibility index (Phi) is 9.37. The van der Waals surface area contributed by atoms with Gasteiger partial charge in [0, 0.05) is 6.54 Å². The molecule has 2 aromatic rings. The third-order valence-corrected chi connectivity index (χ3v) is 7.40. The zero-order valence-corrected chi connectivity index (χ0v) is 19.4. The van der Waals surface area contributed by atoms with E-state index >= 15 is 0 Å². The predicted octanol–water partition coefficient (Wildman–Crippen LogP) is 4.49. The van der Waals surface area contributed by atoms with E-state index in [9.17, 15) is 8.42 Å². The minimum atomic E-state index is -3.47. The largest absolute Gasteiger partial charge is 0.494 e. The van der Waals surface area contributed by atoms with Crippen LogP contribution >= 0.6 is 0 Å². The van der Waals surface area contributed by atoms with Crippen molar-refractivity contribution in [1.82, 2.24) is 9.62 Å². The summed E-state index contributed by atoms with van der Waals surface area (Å²) in [6, 6.07) is 17.4. The molecule has 1 saturated heterocycles. The van der Waals surface area contributed by atoms with Gasteiger partial charge in [-0.1, -0.05) is 43.7 Å². The van der Waals surface area contributed by atoms with Gasteiger partial charge in [0.2, 0.25) is 10.0 Å². The standard InChI is InChI=1S/C25H36N2O3S/c1-2-3-20-30-24-10-12-25(13-11-24)31(28,29)26-16-7-17-27-18-14-23(15-19-27)21-22-8-5-4-6-9-22/h4-6,8-13,23,26H,2-3,7,14-21H2,1H3. The Balaban J connectivity index is 1.34. The number of hydrogen-bond donors (Lipinski definition) is 1. The Morgan fingerprint density at radius 3 is 2.39 bits per heavy atom. The van der Waals surface area contributed by atoms with Crippen LogP contribution in [0.4, 0.5) is 0 Å². The van der Waals surface area contributed by atoms with Gasteiger partial charge < -0.3 is 9.64 Å². The number of piperidine rings is 1. The van der Waals surface area contributed by atoms with Crippen molar-refractivity contribution in [2.45, 2.75) is 50.3 Å². The van der Waals surface area contributed by atoms with Gasteiger partial charge in [-0.25, -0.2) is 13.1 Å². The van der Waals surface area contributed by atoms with Crippen LogP contribution in [0.25, 0.3) is 0 Å². The second kappa shape index (κ2) is 12.2. The summed E-state index contributed by atoms with van der Waals surface area (Å²) in [5.41, 5.74) is 1.43. The van der Waals surface area contributed by atoms with Gasteiger partial charge in [0.1, 0.15) is 5.75 Å². The normalized spacial score (nSPS) is 15.8. The average molecular weight is 445 g/mol. The minimum absolute atomic E-state index is 0.289. The van der Waals surface area contributed by atoms with Gasteiger partial charge in [0.25, 0.3) is 0 Å². The molecule has 170 valence electrons. The first-order valence-corrected chi connectivity index (χ1v) is 13.0. The van der Waals surface area contributed by atoms with Crippen LogP contribution in [0.5, 0.6) is 5.75 Å². The molecular formula is C25H36N2O3S. The summed E-state index contributed by atoms with van der Waals surface area (Å²) in [6.07, 6.45) is 6.48. The minimum Gasteiger partial charge on any atom is -0.494 e. The highest BCUT2D eigenvalue weighted by atomic mass is 32.2. The lowest BCUT2D eigenvalue weighted by atomic mass is 9.90. The van der Waals surface area contributed by atoms with Gasteiger partial charge in [-0.3, -0.25) is 0 Å².